The summed E-state index contributed by atoms with van der Waals surface area (Å²) in [7, 11) is 0. The molecule has 9 nitrogen and oxygen atoms in total. The van der Waals surface area contributed by atoms with Gasteiger partial charge in [-0.3, -0.25) is 14.7 Å². The maximum atomic E-state index is 13.5. The second kappa shape index (κ2) is 10.9. The van der Waals surface area contributed by atoms with Gasteiger partial charge in [0.15, 0.2) is 11.3 Å². The first-order valence-corrected chi connectivity index (χ1v) is 12.9. The van der Waals surface area contributed by atoms with Gasteiger partial charge in [0.1, 0.15) is 11.6 Å². The van der Waals surface area contributed by atoms with Crippen LogP contribution in [0.25, 0.3) is 16.9 Å². The first-order valence-electron chi connectivity index (χ1n) is 12.1. The molecule has 0 fully saturated rings. The minimum atomic E-state index is -4.50. The van der Waals surface area contributed by atoms with Crippen LogP contribution in [0.3, 0.4) is 0 Å². The third-order valence-electron chi connectivity index (χ3n) is 5.70. The van der Waals surface area contributed by atoms with Crippen LogP contribution in [0.15, 0.2) is 34.4 Å². The van der Waals surface area contributed by atoms with E-state index in [1.807, 2.05) is 20.8 Å². The zero-order valence-electron chi connectivity index (χ0n) is 21.3. The number of benzene rings is 1. The molecule has 0 aliphatic carbocycles. The largest absolute Gasteiger partial charge is 0.493 e. The molecule has 0 atom stereocenters. The molecule has 4 aromatic rings. The van der Waals surface area contributed by atoms with Crippen LogP contribution >= 0.6 is 11.3 Å². The van der Waals surface area contributed by atoms with E-state index in [-0.39, 0.29) is 10.6 Å². The first kappa shape index (κ1) is 27.2. The lowest BCUT2D eigenvalue weighted by Crippen LogP contribution is -2.27. The zero-order valence-corrected chi connectivity index (χ0v) is 22.1. The van der Waals surface area contributed by atoms with Crippen molar-refractivity contribution < 1.29 is 22.7 Å². The quantitative estimate of drug-likeness (QED) is 0.283. The summed E-state index contributed by atoms with van der Waals surface area (Å²) in [4.78, 5) is 30.6. The Hall–Kier alpha value is -3.87. The molecule has 0 radical (unpaired) electrons. The second-order valence-electron chi connectivity index (χ2n) is 8.43. The van der Waals surface area contributed by atoms with E-state index in [4.69, 9.17) is 9.84 Å². The molecule has 2 amide bonds. The summed E-state index contributed by atoms with van der Waals surface area (Å²) in [6, 6.07) is 5.02. The maximum absolute atomic E-state index is 13.5. The molecule has 0 aliphatic rings. The highest BCUT2D eigenvalue weighted by molar-refractivity contribution is 7.14. The van der Waals surface area contributed by atoms with Crippen molar-refractivity contribution >= 4 is 33.6 Å². The smallest absolute Gasteiger partial charge is 0.417 e. The van der Waals surface area contributed by atoms with Crippen LogP contribution < -0.4 is 20.9 Å². The molecule has 0 saturated heterocycles. The number of halogens is 3. The van der Waals surface area contributed by atoms with Gasteiger partial charge in [-0.1, -0.05) is 13.8 Å². The standard InChI is InChI=1S/C25H27F3N6O3S/c1-5-10-33-22(32-34-19(6-2)29-14(4)21(34)23(33)35)17-12-16(8-9-18(17)37-7-3)30-24(36)31-20-11-15(13-38-20)25(26,27)28/h8-9,11-13H,5-7,10H2,1-4H3,(H2,30,31,36). The van der Waals surface area contributed by atoms with Crippen molar-refractivity contribution in [3.8, 4) is 17.1 Å². The summed E-state index contributed by atoms with van der Waals surface area (Å²) in [6.07, 6.45) is -3.26. The van der Waals surface area contributed by atoms with E-state index in [1.165, 1.54) is 0 Å². The molecule has 13 heteroatoms. The Kier molecular flexibility index (Phi) is 7.76. The van der Waals surface area contributed by atoms with Crippen molar-refractivity contribution in [2.45, 2.75) is 53.3 Å². The highest BCUT2D eigenvalue weighted by Crippen LogP contribution is 2.35. The molecule has 202 valence electrons. The van der Waals surface area contributed by atoms with Crippen LogP contribution in [0.5, 0.6) is 5.75 Å². The average molecular weight is 549 g/mol. The Morgan fingerprint density at radius 3 is 2.55 bits per heavy atom. The lowest BCUT2D eigenvalue weighted by molar-refractivity contribution is -0.137. The predicted molar refractivity (Wildman–Crippen MR) is 140 cm³/mol. The summed E-state index contributed by atoms with van der Waals surface area (Å²) in [5.74, 6) is 1.44. The maximum Gasteiger partial charge on any atom is 0.417 e. The van der Waals surface area contributed by atoms with Crippen LogP contribution in [0, 0.1) is 6.92 Å². The number of imidazole rings is 1. The third kappa shape index (κ3) is 5.37. The molecule has 3 aromatic heterocycles. The molecular weight excluding hydrogens is 521 g/mol. The van der Waals surface area contributed by atoms with Gasteiger partial charge in [0.25, 0.3) is 5.56 Å². The molecule has 4 rings (SSSR count). The lowest BCUT2D eigenvalue weighted by Gasteiger charge is -2.17. The van der Waals surface area contributed by atoms with Crippen molar-refractivity contribution in [2.75, 3.05) is 17.2 Å². The van der Waals surface area contributed by atoms with Crippen LogP contribution in [-0.2, 0) is 19.1 Å². The van der Waals surface area contributed by atoms with Gasteiger partial charge in [0.2, 0.25) is 0 Å². The van der Waals surface area contributed by atoms with Gasteiger partial charge in [-0.05, 0) is 44.5 Å². The monoisotopic (exact) mass is 548 g/mol. The second-order valence-corrected chi connectivity index (χ2v) is 9.34. The van der Waals surface area contributed by atoms with Gasteiger partial charge in [-0.25, -0.2) is 14.3 Å². The third-order valence-corrected chi connectivity index (χ3v) is 6.54. The van der Waals surface area contributed by atoms with E-state index in [9.17, 15) is 22.8 Å². The molecule has 1 aromatic carbocycles. The van der Waals surface area contributed by atoms with Crippen molar-refractivity contribution in [1.29, 1.82) is 0 Å². The minimum Gasteiger partial charge on any atom is -0.493 e. The van der Waals surface area contributed by atoms with E-state index >= 15 is 0 Å². The number of thiophene rings is 1. The van der Waals surface area contributed by atoms with Gasteiger partial charge in [-0.15, -0.1) is 16.4 Å². The van der Waals surface area contributed by atoms with E-state index in [0.29, 0.717) is 65.9 Å². The minimum absolute atomic E-state index is 0.0486. The number of amides is 2. The average Bonchev–Trinajstić information content (AvgIpc) is 3.46. The number of fused-ring (bicyclic) bond motifs is 1. The van der Waals surface area contributed by atoms with Crippen LogP contribution in [0.1, 0.15) is 44.3 Å². The number of hydrogen-bond donors (Lipinski definition) is 2. The van der Waals surface area contributed by atoms with Crippen molar-refractivity contribution in [3.63, 3.8) is 0 Å². The number of rotatable bonds is 8. The summed E-state index contributed by atoms with van der Waals surface area (Å²) in [5, 5.41) is 10.8. The molecule has 3 heterocycles. The molecule has 0 saturated carbocycles. The van der Waals surface area contributed by atoms with E-state index in [2.05, 4.69) is 15.6 Å². The Bertz CT molecular complexity index is 1540. The number of ether oxygens (including phenoxy) is 1. The van der Waals surface area contributed by atoms with Crippen LogP contribution in [-0.4, -0.2) is 31.8 Å². The fourth-order valence-corrected chi connectivity index (χ4v) is 4.85. The number of nitrogens with one attached hydrogen (secondary N) is 2. The van der Waals surface area contributed by atoms with Crippen molar-refractivity contribution in [1.82, 2.24) is 19.2 Å². The number of aromatic nitrogens is 4. The van der Waals surface area contributed by atoms with Crippen molar-refractivity contribution in [3.05, 3.63) is 57.1 Å². The summed E-state index contributed by atoms with van der Waals surface area (Å²) >= 11 is 0.771. The Morgan fingerprint density at radius 2 is 1.92 bits per heavy atom. The number of nitrogens with zero attached hydrogens (tertiary/aromatic N) is 4. The summed E-state index contributed by atoms with van der Waals surface area (Å²) < 4.78 is 47.6. The topological polar surface area (TPSA) is 103 Å². The first-order chi connectivity index (χ1) is 18.1. The number of hydrogen-bond acceptors (Lipinski definition) is 6. The number of carbonyl (C=O) groups excluding carboxylic acids is 1. The molecule has 0 bridgehead atoms. The molecule has 0 spiro atoms. The number of alkyl halides is 3. The molecule has 0 unspecified atom stereocenters. The number of anilines is 2. The van der Waals surface area contributed by atoms with E-state index < -0.39 is 17.8 Å². The van der Waals surface area contributed by atoms with Crippen LogP contribution in [0.2, 0.25) is 0 Å². The van der Waals surface area contributed by atoms with Gasteiger partial charge in [0, 0.05) is 24.0 Å². The number of aryl methyl sites for hydroxylation is 2. The fourth-order valence-electron chi connectivity index (χ4n) is 4.05. The highest BCUT2D eigenvalue weighted by Gasteiger charge is 2.31. The Balaban J connectivity index is 1.75. The number of urea groups is 1. The normalized spacial score (nSPS) is 11.7. The van der Waals surface area contributed by atoms with E-state index in [0.717, 1.165) is 22.8 Å². The summed E-state index contributed by atoms with van der Waals surface area (Å²) in [5.41, 5.74) is 0.732. The fraction of sp³-hybridized carbons (Fsp3) is 0.360. The molecule has 2 N–H and O–H groups in total. The predicted octanol–water partition coefficient (Wildman–Crippen LogP) is 5.96. The van der Waals surface area contributed by atoms with Gasteiger partial charge in [0.05, 0.1) is 28.4 Å². The Labute approximate surface area is 220 Å². The zero-order chi connectivity index (χ0) is 27.6. The van der Waals surface area contributed by atoms with Gasteiger partial charge in [-0.2, -0.15) is 13.2 Å². The van der Waals surface area contributed by atoms with Crippen LogP contribution in [0.4, 0.5) is 28.7 Å². The highest BCUT2D eigenvalue weighted by atomic mass is 32.1. The van der Waals surface area contributed by atoms with E-state index in [1.54, 1.807) is 34.2 Å². The van der Waals surface area contributed by atoms with Gasteiger partial charge >= 0.3 is 12.2 Å². The molecule has 38 heavy (non-hydrogen) atoms. The molecular formula is C25H27F3N6O3S. The molecule has 0 aliphatic heterocycles. The SMILES string of the molecule is CCCn1c(-c2cc(NC(=O)Nc3cc(C(F)(F)F)cs3)ccc2OCC)nn2c(CC)nc(C)c2c1=O. The number of carbonyl (C=O) groups is 1. The van der Waals surface area contributed by atoms with Gasteiger partial charge < -0.3 is 10.1 Å². The summed E-state index contributed by atoms with van der Waals surface area (Å²) in [6.45, 7) is 8.21. The Morgan fingerprint density at radius 1 is 1.16 bits per heavy atom. The van der Waals surface area contributed by atoms with Crippen molar-refractivity contribution in [2.24, 2.45) is 0 Å². The lowest BCUT2D eigenvalue weighted by atomic mass is 10.1.